The number of fused-ring (bicyclic) bond motifs is 4. The second kappa shape index (κ2) is 7.89. The van der Waals surface area contributed by atoms with Gasteiger partial charge in [-0.2, -0.15) is 0 Å². The van der Waals surface area contributed by atoms with E-state index < -0.39 is 22.9 Å². The van der Waals surface area contributed by atoms with Gasteiger partial charge in [0.15, 0.2) is 11.6 Å². The quantitative estimate of drug-likeness (QED) is 0.394. The van der Waals surface area contributed by atoms with Crippen molar-refractivity contribution in [2.24, 2.45) is 0 Å². The van der Waals surface area contributed by atoms with E-state index in [0.717, 1.165) is 18.7 Å². The van der Waals surface area contributed by atoms with Crippen molar-refractivity contribution in [1.29, 1.82) is 0 Å². The average Bonchev–Trinajstić information content (AvgIpc) is 2.96. The minimum absolute atomic E-state index is 0.174. The number of carbonyl (C=O) groups is 2. The molecular formula is C23H26BrFIN5O3. The Morgan fingerprint density at radius 1 is 1.35 bits per heavy atom. The first-order valence-corrected chi connectivity index (χ1v) is 12.9. The van der Waals surface area contributed by atoms with E-state index in [1.54, 1.807) is 20.8 Å². The Balaban J connectivity index is 1.61. The van der Waals surface area contributed by atoms with Gasteiger partial charge in [0.05, 0.1) is 10.2 Å². The molecule has 34 heavy (non-hydrogen) atoms. The summed E-state index contributed by atoms with van der Waals surface area (Å²) in [7, 11) is 4.05. The molecule has 1 N–H and O–H groups in total. The number of hydrogen-bond donors (Lipinski definition) is 1. The summed E-state index contributed by atoms with van der Waals surface area (Å²) in [5.74, 6) is -0.0668. The number of likely N-dealkylation sites (tertiary alicyclic amines) is 1. The van der Waals surface area contributed by atoms with E-state index in [4.69, 9.17) is 9.72 Å². The monoisotopic (exact) mass is 645 g/mol. The zero-order valence-electron chi connectivity index (χ0n) is 19.6. The van der Waals surface area contributed by atoms with E-state index in [1.165, 1.54) is 4.90 Å². The van der Waals surface area contributed by atoms with E-state index in [9.17, 15) is 9.59 Å². The summed E-state index contributed by atoms with van der Waals surface area (Å²) < 4.78 is 22.0. The average molecular weight is 646 g/mol. The molecule has 2 saturated heterocycles. The van der Waals surface area contributed by atoms with Gasteiger partial charge in [0.1, 0.15) is 16.5 Å². The molecule has 4 heterocycles. The fourth-order valence-corrected chi connectivity index (χ4v) is 5.65. The molecule has 1 aromatic carbocycles. The Kier molecular flexibility index (Phi) is 5.56. The second-order valence-corrected chi connectivity index (χ2v) is 12.4. The number of anilines is 2. The van der Waals surface area contributed by atoms with Crippen molar-refractivity contribution in [3.63, 3.8) is 0 Å². The molecule has 2 aromatic rings. The maximum atomic E-state index is 15.4. The van der Waals surface area contributed by atoms with Crippen LogP contribution >= 0.6 is 38.5 Å². The third-order valence-electron chi connectivity index (χ3n) is 6.71. The standard InChI is InChI=1S/C23H26BrFIN5O3/c1-22(2,3)34-21(33)31-9-23(10-31)14-12-6-13(26)15(24)16(25)17(12)27-19(18(14)28-20(23)32)30-7-11(8-30)29(4)5/h6,11H,7-10H2,1-5H3,(H,28,32). The van der Waals surface area contributed by atoms with Crippen molar-refractivity contribution >= 4 is 72.9 Å². The van der Waals surface area contributed by atoms with Crippen LogP contribution in [0.5, 0.6) is 0 Å². The van der Waals surface area contributed by atoms with Gasteiger partial charge in [0.2, 0.25) is 5.91 Å². The molecule has 0 saturated carbocycles. The molecule has 3 aliphatic rings. The minimum Gasteiger partial charge on any atom is -0.444 e. The van der Waals surface area contributed by atoms with Crippen LogP contribution in [-0.4, -0.2) is 78.7 Å². The second-order valence-electron chi connectivity index (χ2n) is 10.5. The van der Waals surface area contributed by atoms with E-state index in [-0.39, 0.29) is 24.5 Å². The number of ether oxygens (including phenoxy) is 1. The van der Waals surface area contributed by atoms with Crippen molar-refractivity contribution in [3.05, 3.63) is 25.5 Å². The van der Waals surface area contributed by atoms with Gasteiger partial charge in [-0.05, 0) is 79.5 Å². The summed E-state index contributed by atoms with van der Waals surface area (Å²) in [5, 5.41) is 3.63. The highest BCUT2D eigenvalue weighted by atomic mass is 127. The smallest absolute Gasteiger partial charge is 0.410 e. The Morgan fingerprint density at radius 2 is 2.00 bits per heavy atom. The number of nitrogens with one attached hydrogen (secondary N) is 1. The number of aromatic nitrogens is 1. The van der Waals surface area contributed by atoms with Gasteiger partial charge in [0.25, 0.3) is 0 Å². The van der Waals surface area contributed by atoms with Gasteiger partial charge in [-0.1, -0.05) is 0 Å². The highest BCUT2D eigenvalue weighted by Crippen LogP contribution is 2.52. The van der Waals surface area contributed by atoms with E-state index in [0.29, 0.717) is 31.0 Å². The lowest BCUT2D eigenvalue weighted by Gasteiger charge is -2.47. The largest absolute Gasteiger partial charge is 0.444 e. The molecule has 2 amide bonds. The van der Waals surface area contributed by atoms with E-state index >= 15 is 4.39 Å². The Hall–Kier alpha value is -1.73. The number of carbonyl (C=O) groups excluding carboxylic acids is 2. The van der Waals surface area contributed by atoms with Crippen LogP contribution in [0, 0.1) is 9.39 Å². The summed E-state index contributed by atoms with van der Waals surface area (Å²) in [4.78, 5) is 36.4. The summed E-state index contributed by atoms with van der Waals surface area (Å²) in [6.07, 6.45) is -0.460. The van der Waals surface area contributed by atoms with Crippen molar-refractivity contribution in [1.82, 2.24) is 14.8 Å². The first kappa shape index (κ1) is 24.0. The molecule has 1 spiro atoms. The number of likely N-dealkylation sites (N-methyl/N-ethyl adjacent to an activating group) is 1. The third-order valence-corrected chi connectivity index (χ3v) is 9.08. The molecular weight excluding hydrogens is 620 g/mol. The van der Waals surface area contributed by atoms with Gasteiger partial charge in [-0.3, -0.25) is 4.79 Å². The Labute approximate surface area is 219 Å². The molecule has 8 nitrogen and oxygen atoms in total. The van der Waals surface area contributed by atoms with Gasteiger partial charge in [-0.15, -0.1) is 0 Å². The third kappa shape index (κ3) is 3.57. The maximum absolute atomic E-state index is 15.4. The minimum atomic E-state index is -0.961. The molecule has 0 radical (unpaired) electrons. The molecule has 2 fully saturated rings. The van der Waals surface area contributed by atoms with Crippen molar-refractivity contribution in [2.45, 2.75) is 37.8 Å². The molecule has 0 bridgehead atoms. The molecule has 11 heteroatoms. The SMILES string of the molecule is CN(C)C1CN(c2nc3c(F)c(Br)c(I)cc3c3c2NC(=O)C32CN(C(=O)OC(C)(C)C)C2)C1. The fraction of sp³-hybridized carbons (Fsp3) is 0.522. The summed E-state index contributed by atoms with van der Waals surface area (Å²) >= 11 is 5.41. The van der Waals surface area contributed by atoms with Crippen LogP contribution in [0.3, 0.4) is 0 Å². The van der Waals surface area contributed by atoms with Crippen LogP contribution in [0.1, 0.15) is 26.3 Å². The summed E-state index contributed by atoms with van der Waals surface area (Å²) in [6.45, 7) is 7.23. The molecule has 3 aliphatic heterocycles. The molecule has 0 aliphatic carbocycles. The molecule has 0 atom stereocenters. The maximum Gasteiger partial charge on any atom is 0.410 e. The molecule has 1 aromatic heterocycles. The van der Waals surface area contributed by atoms with Gasteiger partial charge >= 0.3 is 6.09 Å². The highest BCUT2D eigenvalue weighted by molar-refractivity contribution is 14.1. The highest BCUT2D eigenvalue weighted by Gasteiger charge is 2.59. The van der Waals surface area contributed by atoms with Crippen LogP contribution < -0.4 is 10.2 Å². The van der Waals surface area contributed by atoms with Crippen LogP contribution in [-0.2, 0) is 14.9 Å². The van der Waals surface area contributed by atoms with E-state index in [1.807, 2.05) is 20.2 Å². The first-order valence-electron chi connectivity index (χ1n) is 11.0. The number of halogens is 3. The molecule has 5 rings (SSSR count). The Morgan fingerprint density at radius 3 is 2.59 bits per heavy atom. The summed E-state index contributed by atoms with van der Waals surface area (Å²) in [5.41, 5.74) is -0.0325. The van der Waals surface area contributed by atoms with Crippen LogP contribution in [0.2, 0.25) is 0 Å². The number of benzene rings is 1. The lowest BCUT2D eigenvalue weighted by molar-refractivity contribution is -0.126. The number of rotatable bonds is 2. The van der Waals surface area contributed by atoms with Crippen molar-refractivity contribution in [3.8, 4) is 0 Å². The zero-order chi connectivity index (χ0) is 24.7. The van der Waals surface area contributed by atoms with Crippen LogP contribution in [0.4, 0.5) is 20.7 Å². The number of hydrogen-bond acceptors (Lipinski definition) is 6. The molecule has 0 unspecified atom stereocenters. The lowest BCUT2D eigenvalue weighted by atomic mass is 9.73. The summed E-state index contributed by atoms with van der Waals surface area (Å²) in [6, 6.07) is 2.22. The predicted molar refractivity (Wildman–Crippen MR) is 140 cm³/mol. The van der Waals surface area contributed by atoms with Crippen LogP contribution in [0.15, 0.2) is 10.5 Å². The van der Waals surface area contributed by atoms with Crippen molar-refractivity contribution < 1.29 is 18.7 Å². The number of amides is 2. The molecule has 182 valence electrons. The normalized spacial score (nSPS) is 19.4. The lowest BCUT2D eigenvalue weighted by Crippen LogP contribution is -2.64. The zero-order valence-corrected chi connectivity index (χ0v) is 23.4. The number of nitrogens with zero attached hydrogens (tertiary/aromatic N) is 4. The van der Waals surface area contributed by atoms with Gasteiger partial charge in [-0.25, -0.2) is 14.2 Å². The predicted octanol–water partition coefficient (Wildman–Crippen LogP) is 3.93. The van der Waals surface area contributed by atoms with Crippen LogP contribution in [0.25, 0.3) is 10.9 Å². The van der Waals surface area contributed by atoms with Gasteiger partial charge < -0.3 is 24.8 Å². The Bertz CT molecular complexity index is 1240. The topological polar surface area (TPSA) is 78.0 Å². The fourth-order valence-electron chi connectivity index (χ4n) is 4.80. The van der Waals surface area contributed by atoms with Crippen molar-refractivity contribution in [2.75, 3.05) is 50.5 Å². The van der Waals surface area contributed by atoms with Gasteiger partial charge in [0, 0.05) is 46.7 Å². The van der Waals surface area contributed by atoms with E-state index in [2.05, 4.69) is 53.6 Å². The number of pyridine rings is 1. The first-order chi connectivity index (χ1) is 15.8.